The zero-order chi connectivity index (χ0) is 11.3. The molecule has 2 atom stereocenters. The van der Waals surface area contributed by atoms with Gasteiger partial charge in [0.1, 0.15) is 0 Å². The first-order chi connectivity index (χ1) is 7.13. The lowest BCUT2D eigenvalue weighted by Crippen LogP contribution is -2.09. The SMILES string of the molecule is C=C(C)[C@@H]1CC=C(CCC(O)CC)CC1. The minimum atomic E-state index is -0.107. The van der Waals surface area contributed by atoms with E-state index in [0.29, 0.717) is 5.92 Å². The molecule has 0 amide bonds. The Morgan fingerprint density at radius 1 is 1.67 bits per heavy atom. The van der Waals surface area contributed by atoms with E-state index in [9.17, 15) is 5.11 Å². The second-order valence-electron chi connectivity index (χ2n) is 4.78. The second kappa shape index (κ2) is 6.12. The molecule has 86 valence electrons. The molecule has 0 fully saturated rings. The standard InChI is InChI=1S/C14H24O/c1-4-14(15)10-7-12-5-8-13(9-6-12)11(2)3/h5,13-15H,2,4,6-10H2,1,3H3/t13-,14?/m1/s1. The molecule has 0 aliphatic heterocycles. The summed E-state index contributed by atoms with van der Waals surface area (Å²) in [4.78, 5) is 0. The van der Waals surface area contributed by atoms with Crippen molar-refractivity contribution in [3.63, 3.8) is 0 Å². The Balaban J connectivity index is 2.31. The third-order valence-corrected chi connectivity index (χ3v) is 3.47. The largest absolute Gasteiger partial charge is 0.393 e. The lowest BCUT2D eigenvalue weighted by atomic mass is 9.84. The molecule has 1 nitrogen and oxygen atoms in total. The number of aliphatic hydroxyl groups excluding tert-OH is 1. The van der Waals surface area contributed by atoms with E-state index in [0.717, 1.165) is 25.7 Å². The van der Waals surface area contributed by atoms with Gasteiger partial charge in [-0.2, -0.15) is 0 Å². The lowest BCUT2D eigenvalue weighted by molar-refractivity contribution is 0.160. The summed E-state index contributed by atoms with van der Waals surface area (Å²) < 4.78 is 0. The molecule has 1 N–H and O–H groups in total. The highest BCUT2D eigenvalue weighted by Crippen LogP contribution is 2.30. The molecule has 0 saturated heterocycles. The molecule has 15 heavy (non-hydrogen) atoms. The Hall–Kier alpha value is -0.560. The van der Waals surface area contributed by atoms with Crippen molar-refractivity contribution in [2.45, 2.75) is 58.5 Å². The minimum Gasteiger partial charge on any atom is -0.393 e. The van der Waals surface area contributed by atoms with Gasteiger partial charge in [0.05, 0.1) is 6.10 Å². The molecular weight excluding hydrogens is 184 g/mol. The molecule has 0 bridgehead atoms. The molecule has 1 unspecified atom stereocenters. The summed E-state index contributed by atoms with van der Waals surface area (Å²) in [5.41, 5.74) is 2.86. The Bertz CT molecular complexity index is 240. The van der Waals surface area contributed by atoms with Gasteiger partial charge in [-0.1, -0.05) is 30.7 Å². The summed E-state index contributed by atoms with van der Waals surface area (Å²) in [6, 6.07) is 0. The highest BCUT2D eigenvalue weighted by molar-refractivity contribution is 5.12. The van der Waals surface area contributed by atoms with Crippen LogP contribution in [0.2, 0.25) is 0 Å². The monoisotopic (exact) mass is 208 g/mol. The van der Waals surface area contributed by atoms with E-state index >= 15 is 0 Å². The Labute approximate surface area is 93.9 Å². The van der Waals surface area contributed by atoms with Crippen molar-refractivity contribution in [3.05, 3.63) is 23.8 Å². The Kier molecular flexibility index (Phi) is 5.10. The van der Waals surface area contributed by atoms with Gasteiger partial charge in [-0.3, -0.25) is 0 Å². The fraction of sp³-hybridized carbons (Fsp3) is 0.714. The topological polar surface area (TPSA) is 20.2 Å². The zero-order valence-corrected chi connectivity index (χ0v) is 10.1. The van der Waals surface area contributed by atoms with Crippen molar-refractivity contribution < 1.29 is 5.11 Å². The molecule has 0 radical (unpaired) electrons. The summed E-state index contributed by atoms with van der Waals surface area (Å²) in [5, 5.41) is 9.49. The van der Waals surface area contributed by atoms with Crippen LogP contribution >= 0.6 is 0 Å². The van der Waals surface area contributed by atoms with Crippen molar-refractivity contribution in [2.75, 3.05) is 0 Å². The number of aliphatic hydroxyl groups is 1. The van der Waals surface area contributed by atoms with Gasteiger partial charge in [0.2, 0.25) is 0 Å². The van der Waals surface area contributed by atoms with Gasteiger partial charge >= 0.3 is 0 Å². The van der Waals surface area contributed by atoms with E-state index in [-0.39, 0.29) is 6.10 Å². The number of hydrogen-bond donors (Lipinski definition) is 1. The second-order valence-corrected chi connectivity index (χ2v) is 4.78. The third kappa shape index (κ3) is 4.21. The summed E-state index contributed by atoms with van der Waals surface area (Å²) in [5.74, 6) is 0.699. The van der Waals surface area contributed by atoms with E-state index in [1.807, 2.05) is 6.92 Å². The number of hydrogen-bond acceptors (Lipinski definition) is 1. The van der Waals surface area contributed by atoms with Crippen LogP contribution in [0.1, 0.15) is 52.4 Å². The van der Waals surface area contributed by atoms with E-state index < -0.39 is 0 Å². The predicted molar refractivity (Wildman–Crippen MR) is 65.8 cm³/mol. The van der Waals surface area contributed by atoms with E-state index in [4.69, 9.17) is 0 Å². The van der Waals surface area contributed by atoms with E-state index in [1.54, 1.807) is 5.57 Å². The Morgan fingerprint density at radius 2 is 2.40 bits per heavy atom. The van der Waals surface area contributed by atoms with Crippen LogP contribution in [-0.4, -0.2) is 11.2 Å². The van der Waals surface area contributed by atoms with Crippen LogP contribution in [0.3, 0.4) is 0 Å². The molecule has 1 aliphatic carbocycles. The summed E-state index contributed by atoms with van der Waals surface area (Å²) >= 11 is 0. The van der Waals surface area contributed by atoms with Crippen LogP contribution < -0.4 is 0 Å². The maximum Gasteiger partial charge on any atom is 0.0540 e. The van der Waals surface area contributed by atoms with Gasteiger partial charge < -0.3 is 5.11 Å². The molecule has 0 aromatic rings. The van der Waals surface area contributed by atoms with Crippen molar-refractivity contribution in [1.82, 2.24) is 0 Å². The third-order valence-electron chi connectivity index (χ3n) is 3.47. The average molecular weight is 208 g/mol. The van der Waals surface area contributed by atoms with Crippen LogP contribution in [0, 0.1) is 5.92 Å². The molecule has 0 aromatic heterocycles. The van der Waals surface area contributed by atoms with Crippen LogP contribution in [0.5, 0.6) is 0 Å². The maximum atomic E-state index is 9.49. The van der Waals surface area contributed by atoms with Crippen molar-refractivity contribution in [2.24, 2.45) is 5.92 Å². The van der Waals surface area contributed by atoms with Gasteiger partial charge in [-0.25, -0.2) is 0 Å². The van der Waals surface area contributed by atoms with Gasteiger partial charge in [0.25, 0.3) is 0 Å². The number of rotatable bonds is 5. The first-order valence-electron chi connectivity index (χ1n) is 6.14. The maximum absolute atomic E-state index is 9.49. The highest BCUT2D eigenvalue weighted by Gasteiger charge is 2.15. The predicted octanol–water partition coefficient (Wildman–Crippen LogP) is 3.84. The quantitative estimate of drug-likeness (QED) is 0.681. The summed E-state index contributed by atoms with van der Waals surface area (Å²) in [6.45, 7) is 8.19. The fourth-order valence-corrected chi connectivity index (χ4v) is 2.12. The molecule has 0 aromatic carbocycles. The minimum absolute atomic E-state index is 0.107. The van der Waals surface area contributed by atoms with Crippen LogP contribution in [0.15, 0.2) is 23.8 Å². The summed E-state index contributed by atoms with van der Waals surface area (Å²) in [7, 11) is 0. The average Bonchev–Trinajstić information content (AvgIpc) is 2.26. The lowest BCUT2D eigenvalue weighted by Gasteiger charge is -2.22. The summed E-state index contributed by atoms with van der Waals surface area (Å²) in [6.07, 6.45) is 8.76. The first kappa shape index (κ1) is 12.5. The van der Waals surface area contributed by atoms with Gasteiger partial charge in [0.15, 0.2) is 0 Å². The molecule has 0 heterocycles. The molecule has 1 heteroatoms. The Morgan fingerprint density at radius 3 is 2.87 bits per heavy atom. The molecule has 1 rings (SSSR count). The smallest absolute Gasteiger partial charge is 0.0540 e. The number of allylic oxidation sites excluding steroid dienone is 3. The molecule has 0 saturated carbocycles. The fourth-order valence-electron chi connectivity index (χ4n) is 2.12. The first-order valence-corrected chi connectivity index (χ1v) is 6.14. The van der Waals surface area contributed by atoms with Crippen LogP contribution in [0.25, 0.3) is 0 Å². The molecule has 1 aliphatic rings. The normalized spacial score (nSPS) is 23.4. The van der Waals surface area contributed by atoms with Crippen molar-refractivity contribution in [3.8, 4) is 0 Å². The van der Waals surface area contributed by atoms with Gasteiger partial charge in [0, 0.05) is 0 Å². The van der Waals surface area contributed by atoms with Gasteiger partial charge in [-0.05, 0) is 51.4 Å². The van der Waals surface area contributed by atoms with Crippen LogP contribution in [0.4, 0.5) is 0 Å². The molecular formula is C14H24O. The van der Waals surface area contributed by atoms with Crippen LogP contribution in [-0.2, 0) is 0 Å². The zero-order valence-electron chi connectivity index (χ0n) is 10.1. The highest BCUT2D eigenvalue weighted by atomic mass is 16.3. The molecule has 0 spiro atoms. The van der Waals surface area contributed by atoms with E-state index in [2.05, 4.69) is 19.6 Å². The van der Waals surface area contributed by atoms with E-state index in [1.165, 1.54) is 18.4 Å². The van der Waals surface area contributed by atoms with Crippen molar-refractivity contribution >= 4 is 0 Å². The van der Waals surface area contributed by atoms with Gasteiger partial charge in [-0.15, -0.1) is 0 Å². The van der Waals surface area contributed by atoms with Crippen molar-refractivity contribution in [1.29, 1.82) is 0 Å².